The van der Waals surface area contributed by atoms with Crippen LogP contribution in [-0.4, -0.2) is 0 Å². The lowest BCUT2D eigenvalue weighted by Crippen LogP contribution is -2.10. The maximum Gasteiger partial charge on any atom is 0.416 e. The molecule has 0 saturated carbocycles. The molecule has 0 bridgehead atoms. The molecule has 0 amide bonds. The number of aryl methyl sites for hydroxylation is 1. The summed E-state index contributed by atoms with van der Waals surface area (Å²) in [5, 5.41) is 0.610. The number of hydrogen-bond donors (Lipinski definition) is 0. The third-order valence-electron chi connectivity index (χ3n) is 17.1. The molecule has 10 rings (SSSR count). The van der Waals surface area contributed by atoms with Crippen LogP contribution in [0.3, 0.4) is 0 Å². The van der Waals surface area contributed by atoms with E-state index in [1.165, 1.54) is 24.3 Å². The van der Waals surface area contributed by atoms with Crippen LogP contribution in [0.5, 0.6) is 34.5 Å². The minimum Gasteiger partial charge on any atom is -0.407 e. The molecule has 0 aliphatic rings. The Bertz CT molecular complexity index is 7160. The van der Waals surface area contributed by atoms with Gasteiger partial charge in [0.15, 0.2) is 11.5 Å². The van der Waals surface area contributed by atoms with Gasteiger partial charge in [-0.1, -0.05) is 90.5 Å². The SMILES string of the molecule is C#CC#CC#CC#CC#COc1ccc(-c2cc(CCl)c(Cl)cc2CCl)cc1.C#CC#CC#CC#CC#COc1ccc(-c2cc(CCl)c(F)cc2CCl)cc1.C#CC#CC#CC#CC#COc1cccc(-c2cc(CCl)c(C)cc2CCl)c1.C#CC#COc1cc(CCl)c(-c2ccccc2)cc1CCl.C#CC#COc1ccc(-c2cc(CCl)c(C(F)(F)F)cc2CCl)cc1OC#CC#C. The Morgan fingerprint density at radius 2 is 0.578 bits per heavy atom. The Morgan fingerprint density at radius 3 is 1.02 bits per heavy atom. The average Bonchev–Trinajstić information content (AvgIpc) is 0.779. The molecule has 0 aromatic heterocycles. The molecule has 656 valence electrons. The van der Waals surface area contributed by atoms with Gasteiger partial charge in [-0.05, 0) is 305 Å². The van der Waals surface area contributed by atoms with E-state index in [2.05, 4.69) is 226 Å². The smallest absolute Gasteiger partial charge is 0.407 e. The van der Waals surface area contributed by atoms with Gasteiger partial charge in [-0.25, -0.2) is 4.39 Å². The van der Waals surface area contributed by atoms with Crippen LogP contribution in [-0.2, 0) is 65.0 Å². The second-order valence-electron chi connectivity index (χ2n) is 25.4. The second-order valence-corrected chi connectivity index (χ2v) is 28.5. The lowest BCUT2D eigenvalue weighted by atomic mass is 9.94. The highest BCUT2D eigenvalue weighted by atomic mass is 35.5. The number of ether oxygens (including phenoxy) is 6. The molecule has 0 saturated heterocycles. The van der Waals surface area contributed by atoms with Crippen LogP contribution in [0, 0.1) is 266 Å². The van der Waals surface area contributed by atoms with Gasteiger partial charge in [-0.2, -0.15) is 13.2 Å². The number of terminal acetylenes is 6. The van der Waals surface area contributed by atoms with E-state index in [-0.39, 0.29) is 52.0 Å². The lowest BCUT2D eigenvalue weighted by Gasteiger charge is -2.17. The molecule has 0 heterocycles. The number of hydrogen-bond acceptors (Lipinski definition) is 6. The quantitative estimate of drug-likeness (QED) is 0.0406. The summed E-state index contributed by atoms with van der Waals surface area (Å²) in [4.78, 5) is 0. The summed E-state index contributed by atoms with van der Waals surface area (Å²) in [6, 6.07) is 54.0. The van der Waals surface area contributed by atoms with E-state index in [9.17, 15) is 17.6 Å². The van der Waals surface area contributed by atoms with E-state index in [4.69, 9.17) is 195 Å². The summed E-state index contributed by atoms with van der Waals surface area (Å²) >= 11 is 65.9. The van der Waals surface area contributed by atoms with Crippen molar-refractivity contribution >= 4 is 128 Å². The first-order valence-corrected chi connectivity index (χ1v) is 43.9. The average molecular weight is 1990 g/mol. The van der Waals surface area contributed by atoms with Gasteiger partial charge in [0.25, 0.3) is 0 Å². The fourth-order valence-corrected chi connectivity index (χ4v) is 13.7. The molecule has 0 atom stereocenters. The van der Waals surface area contributed by atoms with Crippen LogP contribution < -0.4 is 28.4 Å². The summed E-state index contributed by atoms with van der Waals surface area (Å²) in [5.74, 6) is 76.2. The Balaban J connectivity index is 0.000000260. The van der Waals surface area contributed by atoms with Crippen LogP contribution in [0.25, 0.3) is 55.6 Å². The topological polar surface area (TPSA) is 55.4 Å². The molecule has 0 aliphatic carbocycles. The zero-order valence-corrected chi connectivity index (χ0v) is 78.8. The zero-order chi connectivity index (χ0) is 97.8. The minimum atomic E-state index is -4.56. The van der Waals surface area contributed by atoms with Crippen molar-refractivity contribution < 1.29 is 46.0 Å². The standard InChI is InChI=1S/C25H14Cl2O.C24H11Cl3O.C24H11Cl2FO.C23H11Cl2F3O2.C18H12Cl2O/c1-3-4-5-6-7-8-9-10-14-28-24-13-11-12-21(16-24)25-17-22(18-26)20(2)15-23(25)19-27;2*1-2-3-4-5-6-7-8-9-14-28-22-12-10-19(11-13-22)23-15-21(18-26)24(27)16-20(23)17-25;1-3-5-9-29-21-8-7-16(13-22(21)30-10-6-4-2)19-11-18(15-25)20(23(26,27)28)12-17(19)14-24;1-2-3-9-21-18-11-15(12-19)17(10-16(18)13-20)14-7-5-4-6-8-14/h1,11-13,15-17H,18-19H2,2H3;2*1,10-13,15-16H,17-18H2;1-2,7-8,11-13H,14-15H2;1,4-8,10-11H,12-13H2. The van der Waals surface area contributed by atoms with Gasteiger partial charge in [-0.15, -0.1) is 155 Å². The van der Waals surface area contributed by atoms with Gasteiger partial charge in [0.05, 0.1) is 17.3 Å². The maximum atomic E-state index is 13.9. The largest absolute Gasteiger partial charge is 0.416 e. The van der Waals surface area contributed by atoms with Gasteiger partial charge >= 0.3 is 6.18 Å². The Kier molecular flexibility index (Phi) is 49.9. The third-order valence-corrected chi connectivity index (χ3v) is 20.4. The molecule has 0 fully saturated rings. The van der Waals surface area contributed by atoms with Crippen molar-refractivity contribution in [1.82, 2.24) is 0 Å². The summed E-state index contributed by atoms with van der Waals surface area (Å²) in [6.07, 6.45) is 40.0. The fraction of sp³-hybridized carbons (Fsp3) is 0.105. The molecular weight excluding hydrogens is 1930 g/mol. The number of halogens is 15. The molecule has 0 unspecified atom stereocenters. The van der Waals surface area contributed by atoms with Gasteiger partial charge in [0.2, 0.25) is 0 Å². The normalized spacial score (nSPS) is 8.84. The van der Waals surface area contributed by atoms with Crippen molar-refractivity contribution in [3.8, 4) is 343 Å². The third kappa shape index (κ3) is 36.7. The molecule has 6 nitrogen and oxygen atoms in total. The second kappa shape index (κ2) is 62.1. The molecule has 0 aliphatic heterocycles. The molecule has 135 heavy (non-hydrogen) atoms. The molecule has 0 N–H and O–H groups in total. The van der Waals surface area contributed by atoms with Crippen molar-refractivity contribution in [1.29, 1.82) is 0 Å². The van der Waals surface area contributed by atoms with Gasteiger partial charge in [0, 0.05) is 152 Å². The highest BCUT2D eigenvalue weighted by Gasteiger charge is 2.34. The van der Waals surface area contributed by atoms with Gasteiger partial charge in [0.1, 0.15) is 65.5 Å². The van der Waals surface area contributed by atoms with Crippen LogP contribution in [0.4, 0.5) is 17.6 Å². The number of rotatable bonds is 21. The Hall–Kier alpha value is -15.3. The molecule has 0 radical (unpaired) electrons. The molecule has 10 aromatic carbocycles. The van der Waals surface area contributed by atoms with Crippen molar-refractivity contribution in [3.05, 3.63) is 260 Å². The molecule has 0 spiro atoms. The van der Waals surface area contributed by atoms with E-state index >= 15 is 0 Å². The predicted molar refractivity (Wildman–Crippen MR) is 543 cm³/mol. The summed E-state index contributed by atoms with van der Waals surface area (Å²) < 4.78 is 85.8. The van der Waals surface area contributed by atoms with E-state index in [0.717, 1.165) is 89.5 Å². The van der Waals surface area contributed by atoms with Crippen molar-refractivity contribution in [3.63, 3.8) is 0 Å². The molecule has 10 aromatic rings. The highest BCUT2D eigenvalue weighted by Crippen LogP contribution is 2.42. The van der Waals surface area contributed by atoms with Crippen LogP contribution >= 0.6 is 128 Å². The predicted octanol–water partition coefficient (Wildman–Crippen LogP) is 26.1. The van der Waals surface area contributed by atoms with Crippen LogP contribution in [0.1, 0.15) is 66.8 Å². The highest BCUT2D eigenvalue weighted by molar-refractivity contribution is 6.32. The molecule has 21 heteroatoms. The number of benzene rings is 10. The zero-order valence-electron chi connectivity index (χ0n) is 70.5. The van der Waals surface area contributed by atoms with E-state index in [1.807, 2.05) is 110 Å². The van der Waals surface area contributed by atoms with Crippen LogP contribution in [0.2, 0.25) is 5.02 Å². The first-order chi connectivity index (χ1) is 65.7. The minimum absolute atomic E-state index is 0.0807. The van der Waals surface area contributed by atoms with E-state index in [1.54, 1.807) is 36.4 Å². The van der Waals surface area contributed by atoms with Crippen LogP contribution in [0.15, 0.2) is 182 Å². The Morgan fingerprint density at radius 1 is 0.252 bits per heavy atom. The van der Waals surface area contributed by atoms with E-state index < -0.39 is 11.7 Å². The van der Waals surface area contributed by atoms with Gasteiger partial charge in [-0.3, -0.25) is 0 Å². The fourth-order valence-electron chi connectivity index (χ4n) is 11.1. The Labute approximate surface area is 840 Å². The maximum absolute atomic E-state index is 13.9. The molecular formula is C114H59Cl11F4O6. The van der Waals surface area contributed by atoms with Crippen molar-refractivity contribution in [2.24, 2.45) is 0 Å². The first-order valence-electron chi connectivity index (χ1n) is 38.2. The lowest BCUT2D eigenvalue weighted by molar-refractivity contribution is -0.138. The first kappa shape index (κ1) is 108. The van der Waals surface area contributed by atoms with Crippen molar-refractivity contribution in [2.45, 2.75) is 71.9 Å². The van der Waals surface area contributed by atoms with E-state index in [0.29, 0.717) is 85.6 Å². The number of alkyl halides is 13. The monoisotopic (exact) mass is 1980 g/mol. The van der Waals surface area contributed by atoms with Crippen molar-refractivity contribution in [2.75, 3.05) is 0 Å². The summed E-state index contributed by atoms with van der Waals surface area (Å²) in [7, 11) is 0. The summed E-state index contributed by atoms with van der Waals surface area (Å²) in [5.41, 5.74) is 16.0. The summed E-state index contributed by atoms with van der Waals surface area (Å²) in [6.45, 7) is 2.03. The van der Waals surface area contributed by atoms with Gasteiger partial charge < -0.3 is 28.4 Å².